The van der Waals surface area contributed by atoms with Gasteiger partial charge in [-0.05, 0) is 43.2 Å². The average Bonchev–Trinajstić information content (AvgIpc) is 3.18. The van der Waals surface area contributed by atoms with Gasteiger partial charge in [-0.1, -0.05) is 24.3 Å². The number of anilines is 1. The van der Waals surface area contributed by atoms with Crippen molar-refractivity contribution in [3.63, 3.8) is 0 Å². The summed E-state index contributed by atoms with van der Waals surface area (Å²) in [5, 5.41) is 0. The Morgan fingerprint density at radius 2 is 1.90 bits per heavy atom. The fourth-order valence-electron chi connectivity index (χ4n) is 3.81. The average molecular weight is 394 g/mol. The minimum absolute atomic E-state index is 0.0555. The lowest BCUT2D eigenvalue weighted by molar-refractivity contribution is -0.131. The van der Waals surface area contributed by atoms with E-state index in [1.807, 2.05) is 60.4 Å². The van der Waals surface area contributed by atoms with Crippen molar-refractivity contribution in [2.75, 3.05) is 31.1 Å². The topological polar surface area (TPSA) is 59.1 Å². The maximum atomic E-state index is 12.8. The molecule has 1 saturated heterocycles. The quantitative estimate of drug-likeness (QED) is 0.756. The lowest BCUT2D eigenvalue weighted by Gasteiger charge is -2.31. The Kier molecular flexibility index (Phi) is 5.69. The Morgan fingerprint density at radius 1 is 1.14 bits per heavy atom. The van der Waals surface area contributed by atoms with Crippen molar-refractivity contribution >= 4 is 17.5 Å². The normalized spacial score (nSPS) is 18.0. The largest absolute Gasteiger partial charge is 0.486 e. The Hall–Kier alpha value is -3.02. The minimum atomic E-state index is -0.183. The van der Waals surface area contributed by atoms with Crippen LogP contribution in [0.2, 0.25) is 0 Å². The Bertz CT molecular complexity index is 881. The first-order valence-corrected chi connectivity index (χ1v) is 10.2. The molecule has 2 aliphatic heterocycles. The molecule has 152 valence electrons. The molecule has 0 radical (unpaired) electrons. The van der Waals surface area contributed by atoms with E-state index in [0.29, 0.717) is 32.5 Å². The van der Waals surface area contributed by atoms with Gasteiger partial charge in [0.15, 0.2) is 17.6 Å². The molecule has 2 aliphatic rings. The van der Waals surface area contributed by atoms with Crippen LogP contribution in [0, 0.1) is 0 Å². The maximum absolute atomic E-state index is 12.8. The van der Waals surface area contributed by atoms with Crippen molar-refractivity contribution in [2.45, 2.75) is 32.3 Å². The van der Waals surface area contributed by atoms with Gasteiger partial charge in [0.2, 0.25) is 11.8 Å². The second kappa shape index (κ2) is 8.55. The van der Waals surface area contributed by atoms with E-state index in [2.05, 4.69) is 0 Å². The molecule has 6 nitrogen and oxygen atoms in total. The molecule has 2 aromatic carbocycles. The van der Waals surface area contributed by atoms with Crippen LogP contribution in [0.15, 0.2) is 48.5 Å². The van der Waals surface area contributed by atoms with Crippen LogP contribution >= 0.6 is 0 Å². The van der Waals surface area contributed by atoms with E-state index < -0.39 is 0 Å². The van der Waals surface area contributed by atoms with E-state index in [1.165, 1.54) is 0 Å². The summed E-state index contributed by atoms with van der Waals surface area (Å²) in [6.07, 6.45) is 1.66. The fourth-order valence-corrected chi connectivity index (χ4v) is 3.81. The number of nitrogens with zero attached hydrogens (tertiary/aromatic N) is 2. The lowest BCUT2D eigenvalue weighted by atomic mass is 10.1. The van der Waals surface area contributed by atoms with Crippen LogP contribution in [0.1, 0.15) is 25.3 Å². The highest BCUT2D eigenvalue weighted by molar-refractivity contribution is 5.95. The number of likely N-dealkylation sites (N-methyl/N-ethyl adjacent to an activating group) is 1. The highest BCUT2D eigenvalue weighted by Crippen LogP contribution is 2.31. The number of hydrogen-bond acceptors (Lipinski definition) is 4. The third-order valence-corrected chi connectivity index (χ3v) is 5.40. The van der Waals surface area contributed by atoms with Gasteiger partial charge in [0.1, 0.15) is 6.61 Å². The molecule has 1 unspecified atom stereocenters. The second-order valence-electron chi connectivity index (χ2n) is 7.42. The number of carbonyl (C=O) groups is 2. The molecule has 0 aliphatic carbocycles. The monoisotopic (exact) mass is 394 g/mol. The van der Waals surface area contributed by atoms with E-state index in [0.717, 1.165) is 35.7 Å². The number of carbonyl (C=O) groups excluding carboxylic acids is 2. The van der Waals surface area contributed by atoms with Crippen molar-refractivity contribution in [2.24, 2.45) is 0 Å². The molecule has 2 aromatic rings. The molecule has 1 fully saturated rings. The van der Waals surface area contributed by atoms with Gasteiger partial charge in [-0.25, -0.2) is 0 Å². The van der Waals surface area contributed by atoms with E-state index in [1.54, 1.807) is 4.90 Å². The number of para-hydroxylation sites is 2. The summed E-state index contributed by atoms with van der Waals surface area (Å²) in [4.78, 5) is 28.3. The molecular weight excluding hydrogens is 368 g/mol. The first-order chi connectivity index (χ1) is 14.1. The van der Waals surface area contributed by atoms with Gasteiger partial charge < -0.3 is 19.3 Å². The molecule has 0 N–H and O–H groups in total. The maximum Gasteiger partial charge on any atom is 0.227 e. The first-order valence-electron chi connectivity index (χ1n) is 10.2. The summed E-state index contributed by atoms with van der Waals surface area (Å²) in [7, 11) is 0. The van der Waals surface area contributed by atoms with E-state index in [-0.39, 0.29) is 17.9 Å². The molecule has 29 heavy (non-hydrogen) atoms. The predicted molar refractivity (Wildman–Crippen MR) is 110 cm³/mol. The van der Waals surface area contributed by atoms with Crippen LogP contribution < -0.4 is 14.4 Å². The molecular formula is C23H26N2O4. The summed E-state index contributed by atoms with van der Waals surface area (Å²) < 4.78 is 11.7. The third-order valence-electron chi connectivity index (χ3n) is 5.40. The van der Waals surface area contributed by atoms with Crippen molar-refractivity contribution in [3.8, 4) is 11.5 Å². The van der Waals surface area contributed by atoms with Crippen LogP contribution in [0.3, 0.4) is 0 Å². The van der Waals surface area contributed by atoms with Gasteiger partial charge in [-0.2, -0.15) is 0 Å². The van der Waals surface area contributed by atoms with E-state index in [9.17, 15) is 9.59 Å². The van der Waals surface area contributed by atoms with Crippen molar-refractivity contribution in [3.05, 3.63) is 54.1 Å². The molecule has 0 saturated carbocycles. The van der Waals surface area contributed by atoms with E-state index >= 15 is 0 Å². The summed E-state index contributed by atoms with van der Waals surface area (Å²) in [5.74, 6) is 1.69. The number of fused-ring (bicyclic) bond motifs is 1. The molecule has 4 rings (SSSR count). The number of hydrogen-bond donors (Lipinski definition) is 0. The summed E-state index contributed by atoms with van der Waals surface area (Å²) >= 11 is 0. The minimum Gasteiger partial charge on any atom is -0.486 e. The summed E-state index contributed by atoms with van der Waals surface area (Å²) in [6.45, 7) is 4.27. The zero-order valence-corrected chi connectivity index (χ0v) is 16.7. The van der Waals surface area contributed by atoms with Crippen LogP contribution in [0.5, 0.6) is 11.5 Å². The standard InChI is InChI=1S/C23H26N2O4/c1-2-24(15-19-16-28-20-6-3-4-7-21(20)29-19)23(27)14-17-9-11-18(12-10-17)25-13-5-8-22(25)26/h3-4,6-7,9-12,19H,2,5,8,13-16H2,1H3. The Morgan fingerprint density at radius 3 is 2.59 bits per heavy atom. The fraction of sp³-hybridized carbons (Fsp3) is 0.391. The number of benzene rings is 2. The van der Waals surface area contributed by atoms with Crippen LogP contribution in [-0.2, 0) is 16.0 Å². The van der Waals surface area contributed by atoms with Gasteiger partial charge in [0.05, 0.1) is 13.0 Å². The SMILES string of the molecule is CCN(CC1COc2ccccc2O1)C(=O)Cc1ccc(N2CCCC2=O)cc1. The van der Waals surface area contributed by atoms with E-state index in [4.69, 9.17) is 9.47 Å². The Labute approximate surface area is 171 Å². The number of amides is 2. The van der Waals surface area contributed by atoms with Crippen molar-refractivity contribution in [1.82, 2.24) is 4.90 Å². The van der Waals surface area contributed by atoms with Gasteiger partial charge in [-0.15, -0.1) is 0 Å². The molecule has 2 amide bonds. The second-order valence-corrected chi connectivity index (χ2v) is 7.42. The van der Waals surface area contributed by atoms with Gasteiger partial charge in [-0.3, -0.25) is 9.59 Å². The highest BCUT2D eigenvalue weighted by atomic mass is 16.6. The highest BCUT2D eigenvalue weighted by Gasteiger charge is 2.25. The smallest absolute Gasteiger partial charge is 0.227 e. The molecule has 2 heterocycles. The van der Waals surface area contributed by atoms with Crippen molar-refractivity contribution < 1.29 is 19.1 Å². The van der Waals surface area contributed by atoms with Gasteiger partial charge in [0, 0.05) is 25.2 Å². The summed E-state index contributed by atoms with van der Waals surface area (Å²) in [5.41, 5.74) is 1.84. The van der Waals surface area contributed by atoms with Crippen LogP contribution in [0.4, 0.5) is 5.69 Å². The molecule has 0 bridgehead atoms. The lowest BCUT2D eigenvalue weighted by Crippen LogP contribution is -2.44. The zero-order chi connectivity index (χ0) is 20.2. The van der Waals surface area contributed by atoms with Crippen LogP contribution in [-0.4, -0.2) is 49.1 Å². The van der Waals surface area contributed by atoms with Crippen LogP contribution in [0.25, 0.3) is 0 Å². The molecule has 1 atom stereocenters. The molecule has 0 aromatic heterocycles. The van der Waals surface area contributed by atoms with Crippen molar-refractivity contribution in [1.29, 1.82) is 0 Å². The van der Waals surface area contributed by atoms with Gasteiger partial charge in [0.25, 0.3) is 0 Å². The number of ether oxygens (including phenoxy) is 2. The Balaban J connectivity index is 1.35. The molecule has 0 spiro atoms. The number of rotatable bonds is 6. The third kappa shape index (κ3) is 4.36. The summed E-state index contributed by atoms with van der Waals surface area (Å²) in [6, 6.07) is 15.3. The predicted octanol–water partition coefficient (Wildman–Crippen LogP) is 3.04. The van der Waals surface area contributed by atoms with Gasteiger partial charge >= 0.3 is 0 Å². The molecule has 6 heteroatoms. The zero-order valence-electron chi connectivity index (χ0n) is 16.7. The first kappa shape index (κ1) is 19.3.